The largest absolute Gasteiger partial charge is 0.326 e. The number of thiophene rings is 1. The molecule has 2 fully saturated rings. The van der Waals surface area contributed by atoms with Gasteiger partial charge >= 0.3 is 0 Å². The molecule has 0 aromatic carbocycles. The minimum Gasteiger partial charge on any atom is -0.326 e. The maximum absolute atomic E-state index is 6.46. The molecule has 118 valence electrons. The van der Waals surface area contributed by atoms with Crippen LogP contribution in [-0.4, -0.2) is 24.0 Å². The zero-order valence-corrected chi connectivity index (χ0v) is 14.6. The van der Waals surface area contributed by atoms with Gasteiger partial charge in [-0.2, -0.15) is 0 Å². The number of hydrogen-bond acceptors (Lipinski definition) is 3. The second-order valence-corrected chi connectivity index (χ2v) is 8.65. The van der Waals surface area contributed by atoms with Gasteiger partial charge in [-0.05, 0) is 62.7 Å². The summed E-state index contributed by atoms with van der Waals surface area (Å²) in [4.78, 5) is 3.97. The van der Waals surface area contributed by atoms with E-state index in [2.05, 4.69) is 17.9 Å². The molecular formula is C17H27ClN2S. The molecule has 1 saturated heterocycles. The molecule has 2 atom stereocenters. The molecule has 1 saturated carbocycles. The lowest BCUT2D eigenvalue weighted by Crippen LogP contribution is -2.46. The Hall–Kier alpha value is -0.0900. The van der Waals surface area contributed by atoms with Crippen molar-refractivity contribution in [2.24, 2.45) is 11.1 Å². The molecule has 0 radical (unpaired) electrons. The number of nitrogens with zero attached hydrogens (tertiary/aromatic N) is 1. The van der Waals surface area contributed by atoms with Crippen molar-refractivity contribution in [2.45, 2.75) is 64.0 Å². The third kappa shape index (κ3) is 3.31. The predicted octanol–water partition coefficient (Wildman–Crippen LogP) is 4.84. The number of hydrogen-bond donors (Lipinski definition) is 1. The van der Waals surface area contributed by atoms with Crippen LogP contribution in [0.25, 0.3) is 0 Å². The highest BCUT2D eigenvalue weighted by Gasteiger charge is 2.39. The number of piperidine rings is 1. The fourth-order valence-electron chi connectivity index (χ4n) is 4.27. The zero-order valence-electron chi connectivity index (χ0n) is 13.0. The molecule has 1 spiro atoms. The van der Waals surface area contributed by atoms with E-state index < -0.39 is 0 Å². The Balaban J connectivity index is 1.72. The molecule has 2 heterocycles. The number of nitrogens with two attached hydrogens (primary N) is 1. The van der Waals surface area contributed by atoms with Gasteiger partial charge in [0, 0.05) is 10.9 Å². The van der Waals surface area contributed by atoms with Crippen molar-refractivity contribution in [3.63, 3.8) is 0 Å². The fraction of sp³-hybridized carbons (Fsp3) is 0.765. The van der Waals surface area contributed by atoms with Crippen LogP contribution in [0.5, 0.6) is 0 Å². The topological polar surface area (TPSA) is 29.3 Å². The van der Waals surface area contributed by atoms with Crippen molar-refractivity contribution in [1.82, 2.24) is 4.90 Å². The third-order valence-electron chi connectivity index (χ3n) is 5.68. The summed E-state index contributed by atoms with van der Waals surface area (Å²) in [6.45, 7) is 4.59. The molecule has 1 aliphatic heterocycles. The van der Waals surface area contributed by atoms with Crippen LogP contribution in [0.1, 0.15) is 62.8 Å². The van der Waals surface area contributed by atoms with Crippen molar-refractivity contribution in [3.05, 3.63) is 21.3 Å². The molecule has 2 nitrogen and oxygen atoms in total. The van der Waals surface area contributed by atoms with E-state index in [0.717, 1.165) is 10.8 Å². The average molecular weight is 327 g/mol. The lowest BCUT2D eigenvalue weighted by molar-refractivity contribution is 0.0663. The molecule has 0 amide bonds. The van der Waals surface area contributed by atoms with Gasteiger partial charge in [0.1, 0.15) is 0 Å². The summed E-state index contributed by atoms with van der Waals surface area (Å²) in [6, 6.07) is 4.75. The Morgan fingerprint density at radius 1 is 1.24 bits per heavy atom. The van der Waals surface area contributed by atoms with E-state index in [-0.39, 0.29) is 6.04 Å². The van der Waals surface area contributed by atoms with Crippen molar-refractivity contribution >= 4 is 22.9 Å². The second-order valence-electron chi connectivity index (χ2n) is 6.90. The minimum atomic E-state index is 0.206. The standard InChI is InChI=1S/C17H27ClN2S/c1-2-13(19)16(14-5-6-15(18)21-14)20-11-9-17(10-12-20)7-3-4-8-17/h5-6,13,16H,2-4,7-12,19H2,1H3. The quantitative estimate of drug-likeness (QED) is 0.858. The van der Waals surface area contributed by atoms with Crippen LogP contribution in [0.2, 0.25) is 4.34 Å². The first-order valence-corrected chi connectivity index (χ1v) is 9.58. The van der Waals surface area contributed by atoms with Crippen molar-refractivity contribution in [2.75, 3.05) is 13.1 Å². The summed E-state index contributed by atoms with van der Waals surface area (Å²) in [6.07, 6.45) is 9.53. The van der Waals surface area contributed by atoms with E-state index in [1.165, 1.54) is 56.5 Å². The lowest BCUT2D eigenvalue weighted by Gasteiger charge is -2.44. The third-order valence-corrected chi connectivity index (χ3v) is 6.98. The normalized spacial score (nSPS) is 25.3. The van der Waals surface area contributed by atoms with Crippen molar-refractivity contribution in [3.8, 4) is 0 Å². The molecule has 4 heteroatoms. The smallest absolute Gasteiger partial charge is 0.0931 e. The van der Waals surface area contributed by atoms with E-state index in [9.17, 15) is 0 Å². The Labute approximate surface area is 137 Å². The van der Waals surface area contributed by atoms with Gasteiger partial charge < -0.3 is 5.73 Å². The van der Waals surface area contributed by atoms with E-state index in [0.29, 0.717) is 11.5 Å². The van der Waals surface area contributed by atoms with Crippen molar-refractivity contribution in [1.29, 1.82) is 0 Å². The molecule has 2 aliphatic rings. The molecule has 2 unspecified atom stereocenters. The maximum atomic E-state index is 6.46. The fourth-order valence-corrected chi connectivity index (χ4v) is 5.55. The summed E-state index contributed by atoms with van der Waals surface area (Å²) in [7, 11) is 0. The number of rotatable bonds is 4. The van der Waals surface area contributed by atoms with E-state index >= 15 is 0 Å². The Bertz CT molecular complexity index is 457. The molecule has 21 heavy (non-hydrogen) atoms. The van der Waals surface area contributed by atoms with Gasteiger partial charge in [-0.15, -0.1) is 11.3 Å². The van der Waals surface area contributed by atoms with E-state index in [4.69, 9.17) is 17.3 Å². The van der Waals surface area contributed by atoms with E-state index in [1.807, 2.05) is 6.07 Å². The molecule has 0 bridgehead atoms. The van der Waals surface area contributed by atoms with Gasteiger partial charge in [0.2, 0.25) is 0 Å². The highest BCUT2D eigenvalue weighted by atomic mass is 35.5. The van der Waals surface area contributed by atoms with Gasteiger partial charge in [-0.1, -0.05) is 31.4 Å². The second kappa shape index (κ2) is 6.57. The first-order valence-electron chi connectivity index (χ1n) is 8.38. The SMILES string of the molecule is CCC(N)C(c1ccc(Cl)s1)N1CCC2(CCCC2)CC1. The van der Waals surface area contributed by atoms with Crippen LogP contribution in [0, 0.1) is 5.41 Å². The summed E-state index contributed by atoms with van der Waals surface area (Å²) < 4.78 is 0.877. The van der Waals surface area contributed by atoms with Crippen LogP contribution in [-0.2, 0) is 0 Å². The van der Waals surface area contributed by atoms with Gasteiger partial charge in [-0.3, -0.25) is 4.90 Å². The molecular weight excluding hydrogens is 300 g/mol. The average Bonchev–Trinajstić information content (AvgIpc) is 3.11. The maximum Gasteiger partial charge on any atom is 0.0931 e. The summed E-state index contributed by atoms with van der Waals surface area (Å²) >= 11 is 7.85. The van der Waals surface area contributed by atoms with Crippen LogP contribution in [0.15, 0.2) is 12.1 Å². The Morgan fingerprint density at radius 2 is 1.90 bits per heavy atom. The monoisotopic (exact) mass is 326 g/mol. The van der Waals surface area contributed by atoms with Crippen LogP contribution in [0.3, 0.4) is 0 Å². The Morgan fingerprint density at radius 3 is 2.43 bits per heavy atom. The van der Waals surface area contributed by atoms with E-state index in [1.54, 1.807) is 11.3 Å². The first kappa shape index (κ1) is 15.8. The minimum absolute atomic E-state index is 0.206. The first-order chi connectivity index (χ1) is 10.1. The molecule has 2 N–H and O–H groups in total. The molecule has 1 aromatic rings. The molecule has 3 rings (SSSR count). The predicted molar refractivity (Wildman–Crippen MR) is 92.0 cm³/mol. The zero-order chi connectivity index (χ0) is 14.9. The lowest BCUT2D eigenvalue weighted by atomic mass is 9.76. The van der Waals surface area contributed by atoms with Crippen LogP contribution in [0.4, 0.5) is 0 Å². The van der Waals surface area contributed by atoms with Crippen LogP contribution >= 0.6 is 22.9 Å². The van der Waals surface area contributed by atoms with Crippen LogP contribution < -0.4 is 5.73 Å². The van der Waals surface area contributed by atoms with Gasteiger partial charge in [0.15, 0.2) is 0 Å². The summed E-state index contributed by atoms with van der Waals surface area (Å²) in [5.41, 5.74) is 7.13. The molecule has 1 aliphatic carbocycles. The van der Waals surface area contributed by atoms with Gasteiger partial charge in [0.25, 0.3) is 0 Å². The summed E-state index contributed by atoms with van der Waals surface area (Å²) in [5, 5.41) is 0. The highest BCUT2D eigenvalue weighted by Crippen LogP contribution is 2.47. The van der Waals surface area contributed by atoms with Crippen molar-refractivity contribution < 1.29 is 0 Å². The summed E-state index contributed by atoms with van der Waals surface area (Å²) in [5.74, 6) is 0. The van der Waals surface area contributed by atoms with Gasteiger partial charge in [0.05, 0.1) is 10.4 Å². The Kier molecular flexibility index (Phi) is 4.94. The number of likely N-dealkylation sites (tertiary alicyclic amines) is 1. The van der Waals surface area contributed by atoms with Gasteiger partial charge in [-0.25, -0.2) is 0 Å². The number of halogens is 1. The highest BCUT2D eigenvalue weighted by molar-refractivity contribution is 7.16. The molecule has 1 aromatic heterocycles.